The Morgan fingerprint density at radius 3 is 2.00 bits per heavy atom. The van der Waals surface area contributed by atoms with Crippen molar-refractivity contribution in [1.29, 1.82) is 0 Å². The van der Waals surface area contributed by atoms with E-state index in [0.717, 1.165) is 48.9 Å². The summed E-state index contributed by atoms with van der Waals surface area (Å²) in [6.07, 6.45) is 5.33. The molecule has 6 heteroatoms. The van der Waals surface area contributed by atoms with Crippen molar-refractivity contribution in [2.75, 3.05) is 11.9 Å². The number of hydrogen-bond acceptors (Lipinski definition) is 3. The van der Waals surface area contributed by atoms with Gasteiger partial charge in [-0.25, -0.2) is 0 Å². The van der Waals surface area contributed by atoms with Crippen molar-refractivity contribution in [1.82, 2.24) is 5.32 Å². The van der Waals surface area contributed by atoms with Crippen LogP contribution >= 0.6 is 0 Å². The maximum absolute atomic E-state index is 12.5. The topological polar surface area (TPSA) is 95.5 Å². The molecule has 0 unspecified atom stereocenters. The minimum absolute atomic E-state index is 0.155. The zero-order valence-electron chi connectivity index (χ0n) is 21.9. The Balaban J connectivity index is 1.19. The molecule has 3 aromatic rings. The predicted molar refractivity (Wildman–Crippen MR) is 150 cm³/mol. The van der Waals surface area contributed by atoms with Gasteiger partial charge in [0.05, 0.1) is 0 Å². The zero-order valence-corrected chi connectivity index (χ0v) is 21.9. The number of amides is 2. The van der Waals surface area contributed by atoms with Gasteiger partial charge in [-0.2, -0.15) is 0 Å². The van der Waals surface area contributed by atoms with Crippen molar-refractivity contribution in [2.24, 2.45) is 5.92 Å². The highest BCUT2D eigenvalue weighted by Gasteiger charge is 2.24. The molecule has 6 nitrogen and oxygen atoms in total. The van der Waals surface area contributed by atoms with E-state index in [0.29, 0.717) is 11.5 Å². The minimum atomic E-state index is -0.712. The van der Waals surface area contributed by atoms with E-state index in [1.165, 1.54) is 11.1 Å². The van der Waals surface area contributed by atoms with Gasteiger partial charge >= 0.3 is 5.97 Å². The smallest absolute Gasteiger partial charge is 0.303 e. The summed E-state index contributed by atoms with van der Waals surface area (Å²) in [7, 11) is 0. The average molecular weight is 513 g/mol. The van der Waals surface area contributed by atoms with Crippen LogP contribution in [0, 0.1) is 5.92 Å². The summed E-state index contributed by atoms with van der Waals surface area (Å²) >= 11 is 0. The normalized spacial score (nSPS) is 17.0. The molecule has 3 aromatic carbocycles. The highest BCUT2D eigenvalue weighted by atomic mass is 16.4. The first kappa shape index (κ1) is 27.1. The van der Waals surface area contributed by atoms with E-state index < -0.39 is 5.97 Å². The summed E-state index contributed by atoms with van der Waals surface area (Å²) in [6.45, 7) is 2.38. The van der Waals surface area contributed by atoms with E-state index in [2.05, 4.69) is 41.8 Å². The number of benzene rings is 3. The van der Waals surface area contributed by atoms with Crippen molar-refractivity contribution < 1.29 is 19.5 Å². The van der Waals surface area contributed by atoms with Gasteiger partial charge in [-0.1, -0.05) is 55.5 Å². The molecule has 0 bridgehead atoms. The number of carboxylic acid groups (broad SMARTS) is 1. The molecule has 1 fully saturated rings. The second kappa shape index (κ2) is 13.0. The highest BCUT2D eigenvalue weighted by Crippen LogP contribution is 2.37. The minimum Gasteiger partial charge on any atom is -0.481 e. The van der Waals surface area contributed by atoms with Crippen LogP contribution in [0.5, 0.6) is 0 Å². The lowest BCUT2D eigenvalue weighted by atomic mass is 9.77. The van der Waals surface area contributed by atoms with Crippen molar-refractivity contribution >= 4 is 23.5 Å². The largest absolute Gasteiger partial charge is 0.481 e. The van der Waals surface area contributed by atoms with E-state index >= 15 is 0 Å². The molecule has 1 saturated carbocycles. The van der Waals surface area contributed by atoms with Crippen LogP contribution in [0.15, 0.2) is 72.8 Å². The lowest BCUT2D eigenvalue weighted by Crippen LogP contribution is -2.27. The third-order valence-corrected chi connectivity index (χ3v) is 7.46. The lowest BCUT2D eigenvalue weighted by molar-refractivity contribution is -0.138. The second-order valence-corrected chi connectivity index (χ2v) is 10.1. The van der Waals surface area contributed by atoms with Crippen LogP contribution in [0.3, 0.4) is 0 Å². The van der Waals surface area contributed by atoms with Crippen molar-refractivity contribution in [3.8, 4) is 11.1 Å². The summed E-state index contributed by atoms with van der Waals surface area (Å²) in [5, 5.41) is 14.7. The van der Waals surface area contributed by atoms with Gasteiger partial charge in [-0.05, 0) is 90.5 Å². The number of aryl methyl sites for hydroxylation is 1. The SMILES string of the molecule is CCc1ccc(-c2ccc(C(=O)NCCC(=O)Nc3ccc([C@H]4CC[C@H](CC(=O)O)CC4)cc3)cc2)cc1. The molecule has 0 heterocycles. The molecule has 0 atom stereocenters. The van der Waals surface area contributed by atoms with Gasteiger partial charge in [0.15, 0.2) is 0 Å². The first-order valence-corrected chi connectivity index (χ1v) is 13.5. The maximum Gasteiger partial charge on any atom is 0.303 e. The number of anilines is 1. The number of carbonyl (C=O) groups excluding carboxylic acids is 2. The summed E-state index contributed by atoms with van der Waals surface area (Å²) in [5.74, 6) is -0.344. The van der Waals surface area contributed by atoms with Crippen LogP contribution in [0.4, 0.5) is 5.69 Å². The molecule has 3 N–H and O–H groups in total. The Morgan fingerprint density at radius 1 is 0.816 bits per heavy atom. The van der Waals surface area contributed by atoms with Crippen LogP contribution in [0.25, 0.3) is 11.1 Å². The summed E-state index contributed by atoms with van der Waals surface area (Å²) < 4.78 is 0. The number of aliphatic carboxylic acids is 1. The highest BCUT2D eigenvalue weighted by molar-refractivity contribution is 5.95. The molecule has 0 aliphatic heterocycles. The fraction of sp³-hybridized carbons (Fsp3) is 0.344. The third kappa shape index (κ3) is 7.54. The molecular formula is C32H36N2O4. The average Bonchev–Trinajstić information content (AvgIpc) is 2.94. The number of nitrogens with one attached hydrogen (secondary N) is 2. The fourth-order valence-electron chi connectivity index (χ4n) is 5.15. The number of rotatable bonds is 10. The van der Waals surface area contributed by atoms with Crippen molar-refractivity contribution in [3.05, 3.63) is 89.5 Å². The van der Waals surface area contributed by atoms with Gasteiger partial charge in [0.2, 0.25) is 5.91 Å². The molecule has 0 saturated heterocycles. The van der Waals surface area contributed by atoms with E-state index in [-0.39, 0.29) is 37.1 Å². The molecule has 0 radical (unpaired) electrons. The van der Waals surface area contributed by atoms with Crippen LogP contribution in [0.1, 0.15) is 72.9 Å². The quantitative estimate of drug-likeness (QED) is 0.292. The van der Waals surface area contributed by atoms with Gasteiger partial charge in [-0.3, -0.25) is 14.4 Å². The van der Waals surface area contributed by atoms with Gasteiger partial charge in [0.25, 0.3) is 5.91 Å². The molecule has 1 aliphatic rings. The van der Waals surface area contributed by atoms with Crippen molar-refractivity contribution in [2.45, 2.75) is 57.8 Å². The van der Waals surface area contributed by atoms with Gasteiger partial charge in [0, 0.05) is 30.6 Å². The van der Waals surface area contributed by atoms with Crippen LogP contribution in [-0.2, 0) is 16.0 Å². The maximum atomic E-state index is 12.5. The number of hydrogen-bond donors (Lipinski definition) is 3. The van der Waals surface area contributed by atoms with Crippen LogP contribution in [-0.4, -0.2) is 29.4 Å². The third-order valence-electron chi connectivity index (χ3n) is 7.46. The molecule has 0 spiro atoms. The molecule has 38 heavy (non-hydrogen) atoms. The van der Waals surface area contributed by atoms with E-state index in [9.17, 15) is 14.4 Å². The number of carboxylic acids is 1. The Bertz CT molecular complexity index is 1230. The molecule has 198 valence electrons. The Labute approximate surface area is 224 Å². The fourth-order valence-corrected chi connectivity index (χ4v) is 5.15. The Hall–Kier alpha value is -3.93. The second-order valence-electron chi connectivity index (χ2n) is 10.1. The molecular weight excluding hydrogens is 476 g/mol. The lowest BCUT2D eigenvalue weighted by Gasteiger charge is -2.28. The predicted octanol–water partition coefficient (Wildman–Crippen LogP) is 6.42. The summed E-state index contributed by atoms with van der Waals surface area (Å²) in [4.78, 5) is 35.8. The van der Waals surface area contributed by atoms with E-state index in [1.807, 2.05) is 36.4 Å². The first-order chi connectivity index (χ1) is 18.4. The summed E-state index contributed by atoms with van der Waals surface area (Å²) in [6, 6.07) is 23.8. The van der Waals surface area contributed by atoms with Crippen molar-refractivity contribution in [3.63, 3.8) is 0 Å². The zero-order chi connectivity index (χ0) is 26.9. The van der Waals surface area contributed by atoms with Gasteiger partial charge in [0.1, 0.15) is 0 Å². The van der Waals surface area contributed by atoms with Gasteiger partial charge < -0.3 is 15.7 Å². The molecule has 0 aromatic heterocycles. The van der Waals surface area contributed by atoms with E-state index in [4.69, 9.17) is 5.11 Å². The van der Waals surface area contributed by atoms with Crippen LogP contribution < -0.4 is 10.6 Å². The van der Waals surface area contributed by atoms with Crippen LogP contribution in [0.2, 0.25) is 0 Å². The standard InChI is InChI=1S/C32H36N2O4/c1-2-22-3-7-24(8-4-22)26-11-13-28(14-12-26)32(38)33-20-19-30(35)34-29-17-15-27(16-18-29)25-9-5-23(6-10-25)21-31(36)37/h3-4,7-8,11-18,23,25H,2,5-6,9-10,19-21H2,1H3,(H,33,38)(H,34,35)(H,36,37)/t23-,25-. The Kier molecular flexibility index (Phi) is 9.30. The molecule has 4 rings (SSSR count). The van der Waals surface area contributed by atoms with Gasteiger partial charge in [-0.15, -0.1) is 0 Å². The molecule has 1 aliphatic carbocycles. The van der Waals surface area contributed by atoms with E-state index in [1.54, 1.807) is 12.1 Å². The number of carbonyl (C=O) groups is 3. The monoisotopic (exact) mass is 512 g/mol. The Morgan fingerprint density at radius 2 is 1.42 bits per heavy atom. The molecule has 2 amide bonds. The summed E-state index contributed by atoms with van der Waals surface area (Å²) in [5.41, 5.74) is 5.98. The first-order valence-electron chi connectivity index (χ1n) is 13.5.